The van der Waals surface area contributed by atoms with Crippen LogP contribution < -0.4 is 26.1 Å². The van der Waals surface area contributed by atoms with Gasteiger partial charge in [-0.2, -0.15) is 5.56 Å². The molecular weight excluding hydrogens is 543 g/mol. The maximum Gasteiger partial charge on any atom is 0.277 e. The zero-order valence-corrected chi connectivity index (χ0v) is 22.5. The molecule has 2 atom stereocenters. The quantitative estimate of drug-likeness (QED) is 0.284. The fourth-order valence-corrected chi connectivity index (χ4v) is 5.77. The number of aromatic nitrogens is 2. The Morgan fingerprint density at radius 3 is 2.72 bits per heavy atom. The number of carbonyl (C=O) groups is 1. The number of pyridine rings is 2. The van der Waals surface area contributed by atoms with Gasteiger partial charge < -0.3 is 29.8 Å². The van der Waals surface area contributed by atoms with Gasteiger partial charge in [0.1, 0.15) is 0 Å². The summed E-state index contributed by atoms with van der Waals surface area (Å²) in [5.74, 6) is 1.70. The number of nitrogens with zero attached hydrogens (tertiary/aromatic N) is 2. The van der Waals surface area contributed by atoms with Crippen LogP contribution in [0.15, 0.2) is 46.9 Å². The van der Waals surface area contributed by atoms with Crippen LogP contribution >= 0.6 is 0 Å². The van der Waals surface area contributed by atoms with Crippen molar-refractivity contribution in [3.63, 3.8) is 0 Å². The van der Waals surface area contributed by atoms with Crippen LogP contribution in [0.3, 0.4) is 0 Å². The molecule has 1 aromatic carbocycles. The number of benzene rings is 1. The largest absolute Gasteiger partial charge is 0.479 e. The van der Waals surface area contributed by atoms with E-state index in [9.17, 15) is 9.59 Å². The number of hydrogen-bond donors (Lipinski definition) is 2. The molecule has 1 radical (unpaired) electrons. The van der Waals surface area contributed by atoms with Crippen LogP contribution in [0.25, 0.3) is 22.3 Å². The Kier molecular flexibility index (Phi) is 6.20. The molecule has 0 fully saturated rings. The van der Waals surface area contributed by atoms with Gasteiger partial charge in [0.05, 0.1) is 24.4 Å². The van der Waals surface area contributed by atoms with Crippen LogP contribution in [0.5, 0.6) is 11.5 Å². The first-order valence-corrected chi connectivity index (χ1v) is 12.9. The van der Waals surface area contributed by atoms with Gasteiger partial charge in [-0.1, -0.05) is 38.3 Å². The van der Waals surface area contributed by atoms with E-state index in [1.165, 1.54) is 0 Å². The van der Waals surface area contributed by atoms with Gasteiger partial charge in [-0.25, -0.2) is 4.98 Å². The van der Waals surface area contributed by atoms with Crippen LogP contribution in [0, 0.1) is 11.8 Å². The maximum atomic E-state index is 13.6. The Hall–Kier alpha value is -3.73. The second-order valence-electron chi connectivity index (χ2n) is 10.1. The summed E-state index contributed by atoms with van der Waals surface area (Å²) in [5, 5.41) is 4.50. The summed E-state index contributed by atoms with van der Waals surface area (Å²) in [7, 11) is 0. The third-order valence-electron chi connectivity index (χ3n) is 7.95. The minimum Gasteiger partial charge on any atom is -0.479 e. The van der Waals surface area contributed by atoms with Crippen molar-refractivity contribution in [1.82, 2.24) is 14.9 Å². The molecule has 9 nitrogen and oxygen atoms in total. The van der Waals surface area contributed by atoms with Gasteiger partial charge in [0.15, 0.2) is 11.5 Å². The Labute approximate surface area is 235 Å². The number of esters is 1. The van der Waals surface area contributed by atoms with Crippen molar-refractivity contribution in [3.8, 4) is 22.9 Å². The summed E-state index contributed by atoms with van der Waals surface area (Å²) in [6, 6.07) is 5.79. The Morgan fingerprint density at radius 2 is 1.95 bits per heavy atom. The first kappa shape index (κ1) is 25.5. The number of nitrogens with one attached hydrogen (secondary N) is 1. The molecule has 39 heavy (non-hydrogen) atoms. The normalized spacial score (nSPS) is 20.1. The molecule has 0 bridgehead atoms. The molecule has 3 aliphatic heterocycles. The molecular formula is C29H27CoN4O5-. The van der Waals surface area contributed by atoms with Crippen molar-refractivity contribution in [2.24, 2.45) is 11.7 Å². The van der Waals surface area contributed by atoms with Gasteiger partial charge in [-0.15, -0.1) is 6.07 Å². The monoisotopic (exact) mass is 570 g/mol. The van der Waals surface area contributed by atoms with E-state index in [1.54, 1.807) is 4.57 Å². The molecule has 2 unspecified atom stereocenters. The fraction of sp³-hybridized carbons (Fsp3) is 0.310. The standard InChI is InChI=1S/C29H27N4O5.Co/c1-3-16-17-7-24-27-20(11-33(24)28(34)21(17)12-36-29(16)35)19(10-31-15-4-5-22(30)14(2)6-15)18-8-25-26(38-13-37-25)9-23(18)32-27;/h4-9,14,22,31H,3,10-13,30H2,1-2H3;/q-1;. The molecule has 4 aliphatic rings. The first-order chi connectivity index (χ1) is 18.4. The minimum absolute atomic E-state index is 0. The number of carbonyl (C=O) groups excluding carboxylic acids is 1. The Bertz CT molecular complexity index is 1660. The summed E-state index contributed by atoms with van der Waals surface area (Å²) in [6.07, 6.45) is 6.63. The van der Waals surface area contributed by atoms with E-state index in [1.807, 2.05) is 37.3 Å². The molecule has 2 aromatic heterocycles. The molecule has 0 saturated heterocycles. The molecule has 0 saturated carbocycles. The molecule has 5 heterocycles. The maximum absolute atomic E-state index is 13.6. The Balaban J connectivity index is 0.00000277. The second-order valence-corrected chi connectivity index (χ2v) is 10.1. The smallest absolute Gasteiger partial charge is 0.277 e. The number of nitrogens with two attached hydrogens (primary N) is 1. The summed E-state index contributed by atoms with van der Waals surface area (Å²) >= 11 is 0. The molecule has 3 aromatic rings. The van der Waals surface area contributed by atoms with Crippen molar-refractivity contribution in [2.75, 3.05) is 6.79 Å². The van der Waals surface area contributed by atoms with Gasteiger partial charge in [0.2, 0.25) is 12.4 Å². The van der Waals surface area contributed by atoms with E-state index >= 15 is 0 Å². The van der Waals surface area contributed by atoms with Crippen LogP contribution in [0.2, 0.25) is 0 Å². The van der Waals surface area contributed by atoms with Crippen LogP contribution in [0.1, 0.15) is 42.5 Å². The fourth-order valence-electron chi connectivity index (χ4n) is 5.77. The van der Waals surface area contributed by atoms with E-state index < -0.39 is 0 Å². The van der Waals surface area contributed by atoms with Crippen LogP contribution in [-0.2, 0) is 46.0 Å². The van der Waals surface area contributed by atoms with Gasteiger partial charge in [-0.3, -0.25) is 9.59 Å². The molecule has 203 valence electrons. The molecule has 3 N–H and O–H groups in total. The molecule has 1 aliphatic carbocycles. The molecule has 10 heteroatoms. The predicted molar refractivity (Wildman–Crippen MR) is 140 cm³/mol. The van der Waals surface area contributed by atoms with Crippen LogP contribution in [-0.4, -0.2) is 28.4 Å². The van der Waals surface area contributed by atoms with Crippen molar-refractivity contribution in [1.29, 1.82) is 0 Å². The van der Waals surface area contributed by atoms with Gasteiger partial charge in [-0.05, 0) is 29.2 Å². The van der Waals surface area contributed by atoms with Crippen molar-refractivity contribution in [3.05, 3.63) is 80.6 Å². The summed E-state index contributed by atoms with van der Waals surface area (Å²) in [5.41, 5.74) is 12.4. The third-order valence-corrected chi connectivity index (χ3v) is 7.95. The van der Waals surface area contributed by atoms with E-state index in [0.717, 1.165) is 33.4 Å². The van der Waals surface area contributed by atoms with E-state index in [0.29, 0.717) is 53.7 Å². The van der Waals surface area contributed by atoms with Crippen LogP contribution in [0.4, 0.5) is 0 Å². The average Bonchev–Trinajstić information content (AvgIpc) is 3.52. The number of cyclic esters (lactones) is 1. The predicted octanol–water partition coefficient (Wildman–Crippen LogP) is 3.05. The zero-order chi connectivity index (χ0) is 26.1. The van der Waals surface area contributed by atoms with E-state index in [4.69, 9.17) is 24.9 Å². The first-order valence-electron chi connectivity index (χ1n) is 12.9. The van der Waals surface area contributed by atoms with E-state index in [-0.39, 0.29) is 53.7 Å². The SMILES string of the molecule is CC[C-]1C(=O)OCc2c1cc1n(c2=O)Cc2c-1nc1cc3c(cc1c2CNC1=CC(C)C(N)C=C1)OCO3.[Co]. The molecule has 0 amide bonds. The Morgan fingerprint density at radius 1 is 1.15 bits per heavy atom. The van der Waals surface area contributed by atoms with E-state index in [2.05, 4.69) is 18.3 Å². The summed E-state index contributed by atoms with van der Waals surface area (Å²) in [4.78, 5) is 31.1. The number of fused-ring (bicyclic) bond motifs is 6. The van der Waals surface area contributed by atoms with Gasteiger partial charge in [0, 0.05) is 57.8 Å². The van der Waals surface area contributed by atoms with Crippen molar-refractivity contribution in [2.45, 2.75) is 46.0 Å². The van der Waals surface area contributed by atoms with Gasteiger partial charge >= 0.3 is 0 Å². The number of rotatable bonds is 4. The number of allylic oxidation sites excluding steroid dienone is 1. The molecule has 0 spiro atoms. The average molecular weight is 570 g/mol. The second kappa shape index (κ2) is 9.47. The molecule has 7 rings (SSSR count). The van der Waals surface area contributed by atoms with Crippen molar-refractivity contribution >= 4 is 16.9 Å². The topological polar surface area (TPSA) is 118 Å². The number of hydrogen-bond acceptors (Lipinski definition) is 8. The van der Waals surface area contributed by atoms with Crippen molar-refractivity contribution < 1.29 is 35.8 Å². The minimum atomic E-state index is -0.366. The summed E-state index contributed by atoms with van der Waals surface area (Å²) < 4.78 is 18.4. The number of ether oxygens (including phenoxy) is 3. The zero-order valence-electron chi connectivity index (χ0n) is 21.5. The third kappa shape index (κ3) is 3.93. The van der Waals surface area contributed by atoms with Gasteiger partial charge in [0.25, 0.3) is 5.97 Å². The summed E-state index contributed by atoms with van der Waals surface area (Å²) in [6.45, 7) is 5.05.